The van der Waals surface area contributed by atoms with E-state index in [1.165, 1.54) is 0 Å². The fourth-order valence-electron chi connectivity index (χ4n) is 2.74. The van der Waals surface area contributed by atoms with E-state index in [1.54, 1.807) is 0 Å². The average Bonchev–Trinajstić information content (AvgIpc) is 2.54. The molecule has 4 nitrogen and oxygen atoms in total. The largest absolute Gasteiger partial charge is 2.00 e. The zero-order chi connectivity index (χ0) is 18.8. The molecule has 144 valence electrons. The Bertz CT molecular complexity index is 278. The quantitative estimate of drug-likeness (QED) is 0.283. The summed E-state index contributed by atoms with van der Waals surface area (Å²) in [6.45, 7) is 8.26. The molecule has 0 aromatic heterocycles. The Hall–Kier alpha value is 0.511. The number of hydrogen-bond acceptors (Lipinski definition) is 4. The van der Waals surface area contributed by atoms with Gasteiger partial charge in [0, 0.05) is 11.9 Å². The van der Waals surface area contributed by atoms with Crippen molar-refractivity contribution in [2.45, 2.75) is 105 Å². The maximum atomic E-state index is 10.6. The molecule has 0 spiro atoms. The van der Waals surface area contributed by atoms with Gasteiger partial charge in [-0.1, -0.05) is 79.1 Å². The molecule has 0 aliphatic carbocycles. The second-order valence-electron chi connectivity index (χ2n) is 6.60. The van der Waals surface area contributed by atoms with Crippen LogP contribution in [0.3, 0.4) is 0 Å². The second kappa shape index (κ2) is 22.6. The minimum Gasteiger partial charge on any atom is -0.550 e. The van der Waals surface area contributed by atoms with E-state index in [0.717, 1.165) is 77.0 Å². The van der Waals surface area contributed by atoms with Crippen LogP contribution >= 0.6 is 0 Å². The number of rotatable bonds is 14. The molecule has 25 heavy (non-hydrogen) atoms. The van der Waals surface area contributed by atoms with Crippen molar-refractivity contribution in [3.63, 3.8) is 0 Å². The Labute approximate surface area is 195 Å². The molecule has 0 fully saturated rings. The van der Waals surface area contributed by atoms with Gasteiger partial charge in [-0.15, -0.1) is 0 Å². The predicted octanol–water partition coefficient (Wildman–Crippen LogP) is 3.09. The third-order valence-corrected chi connectivity index (χ3v) is 4.25. The van der Waals surface area contributed by atoms with E-state index in [-0.39, 0.29) is 60.7 Å². The summed E-state index contributed by atoms with van der Waals surface area (Å²) in [5.41, 5.74) is 0. The summed E-state index contributed by atoms with van der Waals surface area (Å²) in [5.74, 6) is -2.15. The van der Waals surface area contributed by atoms with E-state index >= 15 is 0 Å². The predicted molar refractivity (Wildman–Crippen MR) is 101 cm³/mol. The van der Waals surface area contributed by atoms with Gasteiger partial charge < -0.3 is 19.8 Å². The van der Waals surface area contributed by atoms with Crippen LogP contribution in [0.4, 0.5) is 0 Å². The van der Waals surface area contributed by atoms with Gasteiger partial charge in [0.15, 0.2) is 0 Å². The zero-order valence-electron chi connectivity index (χ0n) is 17.0. The summed E-state index contributed by atoms with van der Waals surface area (Å²) in [7, 11) is 0. The second-order valence-corrected chi connectivity index (χ2v) is 6.60. The van der Waals surface area contributed by atoms with Crippen molar-refractivity contribution in [1.82, 2.24) is 0 Å². The number of carboxylic acids is 2. The van der Waals surface area contributed by atoms with Crippen molar-refractivity contribution in [3.8, 4) is 0 Å². The number of hydrogen-bond donors (Lipinski definition) is 0. The van der Waals surface area contributed by atoms with E-state index in [4.69, 9.17) is 0 Å². The number of carbonyl (C=O) groups excluding carboxylic acids is 2. The molecule has 0 heterocycles. The van der Waals surface area contributed by atoms with Crippen molar-refractivity contribution in [2.24, 2.45) is 11.8 Å². The van der Waals surface area contributed by atoms with Crippen molar-refractivity contribution < 1.29 is 19.8 Å². The molecular weight excluding hydrogens is 442 g/mol. The van der Waals surface area contributed by atoms with Gasteiger partial charge in [0.25, 0.3) is 0 Å². The standard InChI is InChI=1S/2C10H20O2.Ba/c2*1-3-5-6-8-9(7-4-2)10(11)12;/h2*9H,3-8H2,1-2H3,(H,11,12);/q;;+2/p-2. The van der Waals surface area contributed by atoms with Gasteiger partial charge >= 0.3 is 48.9 Å². The van der Waals surface area contributed by atoms with Crippen LogP contribution in [0.2, 0.25) is 0 Å². The number of unbranched alkanes of at least 4 members (excludes halogenated alkanes) is 4. The molecule has 0 aliphatic heterocycles. The van der Waals surface area contributed by atoms with Crippen LogP contribution in [0, 0.1) is 11.8 Å². The van der Waals surface area contributed by atoms with Gasteiger partial charge in [-0.3, -0.25) is 0 Å². The Morgan fingerprint density at radius 3 is 1.12 bits per heavy atom. The number of carboxylic acid groups (broad SMARTS) is 2. The van der Waals surface area contributed by atoms with Gasteiger partial charge in [-0.2, -0.15) is 0 Å². The van der Waals surface area contributed by atoms with Gasteiger partial charge in [0.1, 0.15) is 0 Å². The first-order chi connectivity index (χ1) is 11.4. The maximum Gasteiger partial charge on any atom is 2.00 e. The Morgan fingerprint density at radius 1 is 0.600 bits per heavy atom. The smallest absolute Gasteiger partial charge is 0.550 e. The van der Waals surface area contributed by atoms with E-state index in [2.05, 4.69) is 13.8 Å². The van der Waals surface area contributed by atoms with E-state index < -0.39 is 11.9 Å². The molecule has 0 bridgehead atoms. The summed E-state index contributed by atoms with van der Waals surface area (Å²) in [4.78, 5) is 21.1. The SMILES string of the molecule is CCCCCC(CCC)C(=O)[O-].CCCCCC(CCC)C(=O)[O-].[Ba+2]. The minimum absolute atomic E-state index is 0. The number of aliphatic carboxylic acids is 2. The van der Waals surface area contributed by atoms with Crippen molar-refractivity contribution in [1.29, 1.82) is 0 Å². The van der Waals surface area contributed by atoms with Crippen LogP contribution in [0.5, 0.6) is 0 Å². The monoisotopic (exact) mass is 480 g/mol. The summed E-state index contributed by atoms with van der Waals surface area (Å²) >= 11 is 0. The van der Waals surface area contributed by atoms with Gasteiger partial charge in [-0.05, 0) is 37.5 Å². The Balaban J connectivity index is -0.000000372. The molecule has 0 aliphatic rings. The van der Waals surface area contributed by atoms with Crippen molar-refractivity contribution >= 4 is 60.8 Å². The molecule has 0 saturated heterocycles. The van der Waals surface area contributed by atoms with Gasteiger partial charge in [0.2, 0.25) is 0 Å². The third-order valence-electron chi connectivity index (χ3n) is 4.25. The van der Waals surface area contributed by atoms with Crippen molar-refractivity contribution in [2.75, 3.05) is 0 Å². The number of carbonyl (C=O) groups is 2. The maximum absolute atomic E-state index is 10.6. The van der Waals surface area contributed by atoms with E-state index in [9.17, 15) is 19.8 Å². The molecular formula is C20H38BaO4. The Morgan fingerprint density at radius 2 is 0.920 bits per heavy atom. The molecule has 0 amide bonds. The third kappa shape index (κ3) is 20.7. The van der Waals surface area contributed by atoms with Crippen LogP contribution in [0.15, 0.2) is 0 Å². The molecule has 0 rings (SSSR count). The molecule has 5 heteroatoms. The summed E-state index contributed by atoms with van der Waals surface area (Å²) in [6.07, 6.45) is 11.6. The molecule has 2 unspecified atom stereocenters. The van der Waals surface area contributed by atoms with Crippen LogP contribution in [0.25, 0.3) is 0 Å². The first-order valence-corrected chi connectivity index (χ1v) is 9.86. The van der Waals surface area contributed by atoms with Gasteiger partial charge in [0.05, 0.1) is 0 Å². The molecule has 0 N–H and O–H groups in total. The van der Waals surface area contributed by atoms with Crippen LogP contribution in [-0.4, -0.2) is 60.8 Å². The molecule has 0 saturated carbocycles. The van der Waals surface area contributed by atoms with Crippen LogP contribution < -0.4 is 10.2 Å². The molecule has 0 radical (unpaired) electrons. The first kappa shape index (κ1) is 30.2. The minimum atomic E-state index is -0.868. The normalized spacial score (nSPS) is 12.3. The topological polar surface area (TPSA) is 80.3 Å². The molecule has 0 aromatic rings. The summed E-state index contributed by atoms with van der Waals surface area (Å²) in [6, 6.07) is 0. The molecule has 2 atom stereocenters. The average molecular weight is 480 g/mol. The summed E-state index contributed by atoms with van der Waals surface area (Å²) < 4.78 is 0. The fourth-order valence-corrected chi connectivity index (χ4v) is 2.74. The van der Waals surface area contributed by atoms with Crippen molar-refractivity contribution in [3.05, 3.63) is 0 Å². The Kier molecular flexibility index (Phi) is 27.3. The zero-order valence-corrected chi connectivity index (χ0v) is 21.4. The van der Waals surface area contributed by atoms with Gasteiger partial charge in [-0.25, -0.2) is 0 Å². The van der Waals surface area contributed by atoms with Crippen LogP contribution in [-0.2, 0) is 9.59 Å². The van der Waals surface area contributed by atoms with Crippen LogP contribution in [0.1, 0.15) is 105 Å². The fraction of sp³-hybridized carbons (Fsp3) is 0.900. The summed E-state index contributed by atoms with van der Waals surface area (Å²) in [5, 5.41) is 21.1. The first-order valence-electron chi connectivity index (χ1n) is 9.86. The van der Waals surface area contributed by atoms with E-state index in [0.29, 0.717) is 0 Å². The molecule has 0 aromatic carbocycles. The van der Waals surface area contributed by atoms with E-state index in [1.807, 2.05) is 13.8 Å².